The van der Waals surface area contributed by atoms with Gasteiger partial charge in [-0.3, -0.25) is 4.90 Å². The molecule has 3 rings (SSSR count). The molecule has 3 heteroatoms. The first-order chi connectivity index (χ1) is 8.74. The molecule has 1 aromatic carbocycles. The number of aromatic hydroxyl groups is 1. The second-order valence-electron chi connectivity index (χ2n) is 5.64. The van der Waals surface area contributed by atoms with Crippen LogP contribution < -0.4 is 0 Å². The van der Waals surface area contributed by atoms with Crippen LogP contribution in [0.2, 0.25) is 5.02 Å². The van der Waals surface area contributed by atoms with E-state index in [4.69, 9.17) is 11.6 Å². The van der Waals surface area contributed by atoms with E-state index in [1.807, 2.05) is 6.07 Å². The van der Waals surface area contributed by atoms with E-state index in [2.05, 4.69) is 4.90 Å². The van der Waals surface area contributed by atoms with Crippen molar-refractivity contribution in [3.63, 3.8) is 0 Å². The summed E-state index contributed by atoms with van der Waals surface area (Å²) < 4.78 is 0. The Balaban J connectivity index is 1.74. The number of phenols is 1. The van der Waals surface area contributed by atoms with E-state index in [0.717, 1.165) is 24.1 Å². The van der Waals surface area contributed by atoms with Gasteiger partial charge in [-0.25, -0.2) is 0 Å². The molecular formula is C15H20ClNO. The predicted molar refractivity (Wildman–Crippen MR) is 73.9 cm³/mol. The van der Waals surface area contributed by atoms with Gasteiger partial charge in [0.2, 0.25) is 0 Å². The van der Waals surface area contributed by atoms with Crippen LogP contribution in [0.15, 0.2) is 18.2 Å². The van der Waals surface area contributed by atoms with Crippen LogP contribution in [0.25, 0.3) is 0 Å². The lowest BCUT2D eigenvalue weighted by molar-refractivity contribution is 0.174. The standard InChI is InChI=1S/C15H20ClNO/c16-13-5-6-15(18)12(9-13)10-17-8-7-11-3-1-2-4-14(11)17/h5-6,9,11,14,18H,1-4,7-8,10H2. The molecular weight excluding hydrogens is 246 g/mol. The topological polar surface area (TPSA) is 23.5 Å². The second kappa shape index (κ2) is 5.10. The van der Waals surface area contributed by atoms with Crippen molar-refractivity contribution in [2.45, 2.75) is 44.7 Å². The van der Waals surface area contributed by atoms with Crippen LogP contribution in [-0.4, -0.2) is 22.6 Å². The molecule has 2 nitrogen and oxygen atoms in total. The Kier molecular flexibility index (Phi) is 3.49. The Morgan fingerprint density at radius 3 is 2.94 bits per heavy atom. The number of hydrogen-bond donors (Lipinski definition) is 1. The monoisotopic (exact) mass is 265 g/mol. The van der Waals surface area contributed by atoms with Gasteiger partial charge in [0.25, 0.3) is 0 Å². The molecule has 1 aliphatic carbocycles. The highest BCUT2D eigenvalue weighted by molar-refractivity contribution is 6.30. The number of hydrogen-bond acceptors (Lipinski definition) is 2. The van der Waals surface area contributed by atoms with Crippen molar-refractivity contribution in [2.75, 3.05) is 6.54 Å². The van der Waals surface area contributed by atoms with Crippen LogP contribution in [-0.2, 0) is 6.54 Å². The van der Waals surface area contributed by atoms with Crippen molar-refractivity contribution < 1.29 is 5.11 Å². The Hall–Kier alpha value is -0.730. The first kappa shape index (κ1) is 12.3. The van der Waals surface area contributed by atoms with Gasteiger partial charge >= 0.3 is 0 Å². The van der Waals surface area contributed by atoms with Crippen molar-refractivity contribution in [3.8, 4) is 5.75 Å². The summed E-state index contributed by atoms with van der Waals surface area (Å²) in [5, 5.41) is 10.6. The molecule has 1 saturated heterocycles. The van der Waals surface area contributed by atoms with E-state index in [-0.39, 0.29) is 0 Å². The molecule has 2 atom stereocenters. The third-order valence-electron chi connectivity index (χ3n) is 4.54. The summed E-state index contributed by atoms with van der Waals surface area (Å²) in [5.41, 5.74) is 0.966. The molecule has 0 radical (unpaired) electrons. The molecule has 2 unspecified atom stereocenters. The molecule has 0 amide bonds. The van der Waals surface area contributed by atoms with Gasteiger partial charge in [-0.05, 0) is 49.9 Å². The van der Waals surface area contributed by atoms with Crippen LogP contribution >= 0.6 is 11.6 Å². The molecule has 1 aromatic rings. The highest BCUT2D eigenvalue weighted by Gasteiger charge is 2.35. The minimum absolute atomic E-state index is 0.374. The summed E-state index contributed by atoms with van der Waals surface area (Å²) in [6.07, 6.45) is 6.80. The lowest BCUT2D eigenvalue weighted by Gasteiger charge is -2.31. The largest absolute Gasteiger partial charge is 0.508 e. The van der Waals surface area contributed by atoms with E-state index >= 15 is 0 Å². The summed E-state index contributed by atoms with van der Waals surface area (Å²) >= 11 is 6.01. The number of halogens is 1. The summed E-state index contributed by atoms with van der Waals surface area (Å²) in [7, 11) is 0. The molecule has 2 fully saturated rings. The van der Waals surface area contributed by atoms with E-state index in [0.29, 0.717) is 10.8 Å². The Bertz CT molecular complexity index is 435. The highest BCUT2D eigenvalue weighted by atomic mass is 35.5. The van der Waals surface area contributed by atoms with Gasteiger partial charge in [-0.1, -0.05) is 24.4 Å². The average Bonchev–Trinajstić information content (AvgIpc) is 2.78. The van der Waals surface area contributed by atoms with Crippen LogP contribution in [0.1, 0.15) is 37.7 Å². The molecule has 2 aliphatic rings. The molecule has 0 spiro atoms. The number of likely N-dealkylation sites (tertiary alicyclic amines) is 1. The molecule has 1 heterocycles. The quantitative estimate of drug-likeness (QED) is 0.879. The number of benzene rings is 1. The zero-order chi connectivity index (χ0) is 12.5. The Morgan fingerprint density at radius 2 is 2.06 bits per heavy atom. The van der Waals surface area contributed by atoms with Gasteiger partial charge in [-0.2, -0.15) is 0 Å². The summed E-state index contributed by atoms with van der Waals surface area (Å²) in [5.74, 6) is 1.26. The van der Waals surface area contributed by atoms with Gasteiger partial charge in [0.05, 0.1) is 0 Å². The zero-order valence-electron chi connectivity index (χ0n) is 10.6. The SMILES string of the molecule is Oc1ccc(Cl)cc1CN1CCC2CCCCC21. The fourth-order valence-corrected chi connectivity index (χ4v) is 3.79. The van der Waals surface area contributed by atoms with Gasteiger partial charge in [0.1, 0.15) is 5.75 Å². The molecule has 0 bridgehead atoms. The maximum Gasteiger partial charge on any atom is 0.120 e. The Labute approximate surface area is 114 Å². The normalized spacial score (nSPS) is 28.3. The van der Waals surface area contributed by atoms with Crippen LogP contribution in [0.3, 0.4) is 0 Å². The third kappa shape index (κ3) is 2.36. The maximum absolute atomic E-state index is 9.91. The first-order valence-corrected chi connectivity index (χ1v) is 7.33. The molecule has 18 heavy (non-hydrogen) atoms. The number of nitrogens with zero attached hydrogens (tertiary/aromatic N) is 1. The molecule has 1 aliphatic heterocycles. The lowest BCUT2D eigenvalue weighted by atomic mass is 9.85. The lowest BCUT2D eigenvalue weighted by Crippen LogP contribution is -2.34. The highest BCUT2D eigenvalue weighted by Crippen LogP contribution is 2.37. The Morgan fingerprint density at radius 1 is 1.22 bits per heavy atom. The summed E-state index contributed by atoms with van der Waals surface area (Å²) in [4.78, 5) is 2.54. The smallest absolute Gasteiger partial charge is 0.120 e. The average molecular weight is 266 g/mol. The van der Waals surface area contributed by atoms with Gasteiger partial charge in [0, 0.05) is 23.2 Å². The maximum atomic E-state index is 9.91. The number of rotatable bonds is 2. The summed E-state index contributed by atoms with van der Waals surface area (Å²) in [6.45, 7) is 2.01. The second-order valence-corrected chi connectivity index (χ2v) is 6.08. The molecule has 0 aromatic heterocycles. The van der Waals surface area contributed by atoms with E-state index in [9.17, 15) is 5.11 Å². The van der Waals surface area contributed by atoms with Gasteiger partial charge in [-0.15, -0.1) is 0 Å². The third-order valence-corrected chi connectivity index (χ3v) is 4.78. The minimum atomic E-state index is 0.374. The fraction of sp³-hybridized carbons (Fsp3) is 0.600. The molecule has 1 N–H and O–H groups in total. The van der Waals surface area contributed by atoms with Crippen LogP contribution in [0.5, 0.6) is 5.75 Å². The van der Waals surface area contributed by atoms with Crippen LogP contribution in [0.4, 0.5) is 0 Å². The van der Waals surface area contributed by atoms with Crippen molar-refractivity contribution >= 4 is 11.6 Å². The van der Waals surface area contributed by atoms with Crippen molar-refractivity contribution in [3.05, 3.63) is 28.8 Å². The predicted octanol–water partition coefficient (Wildman–Crippen LogP) is 3.81. The first-order valence-electron chi connectivity index (χ1n) is 6.95. The molecule has 1 saturated carbocycles. The van der Waals surface area contributed by atoms with Gasteiger partial charge in [0.15, 0.2) is 0 Å². The number of phenolic OH excluding ortho intramolecular Hbond substituents is 1. The van der Waals surface area contributed by atoms with Gasteiger partial charge < -0.3 is 5.11 Å². The van der Waals surface area contributed by atoms with E-state index < -0.39 is 0 Å². The van der Waals surface area contributed by atoms with Crippen molar-refractivity contribution in [1.82, 2.24) is 4.90 Å². The van der Waals surface area contributed by atoms with Crippen LogP contribution in [0, 0.1) is 5.92 Å². The van der Waals surface area contributed by atoms with Crippen molar-refractivity contribution in [2.24, 2.45) is 5.92 Å². The fourth-order valence-electron chi connectivity index (χ4n) is 3.60. The zero-order valence-corrected chi connectivity index (χ0v) is 11.4. The molecule has 98 valence electrons. The number of fused-ring (bicyclic) bond motifs is 1. The van der Waals surface area contributed by atoms with E-state index in [1.165, 1.54) is 38.6 Å². The minimum Gasteiger partial charge on any atom is -0.508 e. The van der Waals surface area contributed by atoms with E-state index in [1.54, 1.807) is 12.1 Å². The summed E-state index contributed by atoms with van der Waals surface area (Å²) in [6, 6.07) is 6.07. The van der Waals surface area contributed by atoms with Crippen molar-refractivity contribution in [1.29, 1.82) is 0 Å².